The van der Waals surface area contributed by atoms with Gasteiger partial charge < -0.3 is 9.73 Å². The molecular formula is C16H21ClN2O. The lowest BCUT2D eigenvalue weighted by atomic mass is 10.2. The molecule has 1 N–H and O–H groups in total. The molecule has 1 heterocycles. The van der Waals surface area contributed by atoms with E-state index < -0.39 is 0 Å². The summed E-state index contributed by atoms with van der Waals surface area (Å²) in [7, 11) is 0. The first-order valence-electron chi connectivity index (χ1n) is 7.00. The third-order valence-electron chi connectivity index (χ3n) is 3.32. The summed E-state index contributed by atoms with van der Waals surface area (Å²) < 4.78 is 5.33. The molecule has 0 saturated heterocycles. The van der Waals surface area contributed by atoms with E-state index in [1.165, 1.54) is 5.56 Å². The van der Waals surface area contributed by atoms with Crippen LogP contribution in [0.15, 0.2) is 40.8 Å². The van der Waals surface area contributed by atoms with E-state index in [-0.39, 0.29) is 0 Å². The fraction of sp³-hybridized carbons (Fsp3) is 0.375. The third kappa shape index (κ3) is 4.29. The first kappa shape index (κ1) is 14.9. The minimum absolute atomic E-state index is 0.428. The van der Waals surface area contributed by atoms with E-state index in [1.54, 1.807) is 6.07 Å². The van der Waals surface area contributed by atoms with Crippen molar-refractivity contribution in [3.63, 3.8) is 0 Å². The number of anilines is 1. The predicted octanol–water partition coefficient (Wildman–Crippen LogP) is 4.39. The van der Waals surface area contributed by atoms with Gasteiger partial charge in [-0.2, -0.15) is 0 Å². The average molecular weight is 293 g/mol. The number of furan rings is 1. The highest BCUT2D eigenvalue weighted by Gasteiger charge is 2.03. The number of hydrogen-bond donors (Lipinski definition) is 1. The summed E-state index contributed by atoms with van der Waals surface area (Å²) in [5, 5.41) is 3.78. The van der Waals surface area contributed by atoms with Gasteiger partial charge >= 0.3 is 0 Å². The maximum atomic E-state index is 5.76. The second kappa shape index (κ2) is 7.36. The van der Waals surface area contributed by atoms with Gasteiger partial charge in [-0.15, -0.1) is 0 Å². The zero-order chi connectivity index (χ0) is 14.4. The highest BCUT2D eigenvalue weighted by molar-refractivity contribution is 6.28. The van der Waals surface area contributed by atoms with Crippen molar-refractivity contribution in [1.82, 2.24) is 4.90 Å². The fourth-order valence-electron chi connectivity index (χ4n) is 2.12. The number of rotatable bonds is 7. The van der Waals surface area contributed by atoms with Crippen molar-refractivity contribution in [1.29, 1.82) is 0 Å². The topological polar surface area (TPSA) is 28.4 Å². The van der Waals surface area contributed by atoms with Gasteiger partial charge in [0.05, 0.1) is 6.54 Å². The van der Waals surface area contributed by atoms with Crippen molar-refractivity contribution in [2.24, 2.45) is 0 Å². The quantitative estimate of drug-likeness (QED) is 0.820. The monoisotopic (exact) mass is 292 g/mol. The second-order valence-electron chi connectivity index (χ2n) is 4.72. The Hall–Kier alpha value is -1.45. The Morgan fingerprint density at radius 1 is 1.15 bits per heavy atom. The SMILES string of the molecule is CCN(CC)Cc1cccc(NCc2ccc(Cl)o2)c1. The van der Waals surface area contributed by atoms with Gasteiger partial charge in [0, 0.05) is 12.2 Å². The Morgan fingerprint density at radius 2 is 1.95 bits per heavy atom. The highest BCUT2D eigenvalue weighted by atomic mass is 35.5. The molecule has 2 aromatic rings. The normalized spacial score (nSPS) is 11.0. The molecule has 108 valence electrons. The Bertz CT molecular complexity index is 535. The molecule has 2 rings (SSSR count). The number of nitrogens with zero attached hydrogens (tertiary/aromatic N) is 1. The van der Waals surface area contributed by atoms with Crippen molar-refractivity contribution in [3.05, 3.63) is 52.9 Å². The Kier molecular flexibility index (Phi) is 5.50. The Morgan fingerprint density at radius 3 is 2.60 bits per heavy atom. The molecule has 0 saturated carbocycles. The summed E-state index contributed by atoms with van der Waals surface area (Å²) >= 11 is 5.76. The van der Waals surface area contributed by atoms with E-state index in [9.17, 15) is 0 Å². The zero-order valence-corrected chi connectivity index (χ0v) is 12.8. The van der Waals surface area contributed by atoms with Gasteiger partial charge in [-0.1, -0.05) is 26.0 Å². The summed E-state index contributed by atoms with van der Waals surface area (Å²) in [4.78, 5) is 2.39. The molecule has 0 radical (unpaired) electrons. The summed E-state index contributed by atoms with van der Waals surface area (Å²) in [6.07, 6.45) is 0. The largest absolute Gasteiger partial charge is 0.448 e. The maximum Gasteiger partial charge on any atom is 0.193 e. The Balaban J connectivity index is 1.95. The van der Waals surface area contributed by atoms with Gasteiger partial charge in [0.1, 0.15) is 5.76 Å². The molecule has 0 aliphatic rings. The van der Waals surface area contributed by atoms with E-state index in [2.05, 4.69) is 48.3 Å². The predicted molar refractivity (Wildman–Crippen MR) is 84.1 cm³/mol. The van der Waals surface area contributed by atoms with Crippen LogP contribution in [0.3, 0.4) is 0 Å². The molecule has 0 aliphatic heterocycles. The number of benzene rings is 1. The molecular weight excluding hydrogens is 272 g/mol. The van der Waals surface area contributed by atoms with Crippen molar-refractivity contribution >= 4 is 17.3 Å². The van der Waals surface area contributed by atoms with Crippen LogP contribution in [0.25, 0.3) is 0 Å². The van der Waals surface area contributed by atoms with Crippen LogP contribution in [-0.4, -0.2) is 18.0 Å². The van der Waals surface area contributed by atoms with E-state index >= 15 is 0 Å². The molecule has 20 heavy (non-hydrogen) atoms. The van der Waals surface area contributed by atoms with Crippen molar-refractivity contribution < 1.29 is 4.42 Å². The van der Waals surface area contributed by atoms with Gasteiger partial charge in [0.25, 0.3) is 0 Å². The Labute approximate surface area is 125 Å². The first-order chi connectivity index (χ1) is 9.71. The van der Waals surface area contributed by atoms with Crippen LogP contribution in [0.4, 0.5) is 5.69 Å². The van der Waals surface area contributed by atoms with E-state index in [4.69, 9.17) is 16.0 Å². The molecule has 0 spiro atoms. The molecule has 0 unspecified atom stereocenters. The maximum absolute atomic E-state index is 5.76. The summed E-state index contributed by atoms with van der Waals surface area (Å²) in [6, 6.07) is 12.1. The molecule has 0 bridgehead atoms. The van der Waals surface area contributed by atoms with Crippen molar-refractivity contribution in [3.8, 4) is 0 Å². The van der Waals surface area contributed by atoms with Gasteiger partial charge in [0.15, 0.2) is 5.22 Å². The smallest absolute Gasteiger partial charge is 0.193 e. The molecule has 0 amide bonds. The molecule has 0 atom stereocenters. The van der Waals surface area contributed by atoms with E-state index in [0.717, 1.165) is 31.1 Å². The fourth-order valence-corrected chi connectivity index (χ4v) is 2.28. The zero-order valence-electron chi connectivity index (χ0n) is 12.0. The first-order valence-corrected chi connectivity index (χ1v) is 7.38. The molecule has 0 fully saturated rings. The lowest BCUT2D eigenvalue weighted by molar-refractivity contribution is 0.296. The van der Waals surface area contributed by atoms with Gasteiger partial charge in [-0.3, -0.25) is 4.90 Å². The van der Waals surface area contributed by atoms with Crippen molar-refractivity contribution in [2.75, 3.05) is 18.4 Å². The molecule has 1 aromatic carbocycles. The van der Waals surface area contributed by atoms with E-state index in [1.807, 2.05) is 6.07 Å². The van der Waals surface area contributed by atoms with Crippen LogP contribution >= 0.6 is 11.6 Å². The van der Waals surface area contributed by atoms with E-state index in [0.29, 0.717) is 11.8 Å². The highest BCUT2D eigenvalue weighted by Crippen LogP contribution is 2.16. The van der Waals surface area contributed by atoms with Gasteiger partial charge in [-0.05, 0) is 54.5 Å². The van der Waals surface area contributed by atoms with Gasteiger partial charge in [-0.25, -0.2) is 0 Å². The molecule has 3 nitrogen and oxygen atoms in total. The molecule has 0 aliphatic carbocycles. The summed E-state index contributed by atoms with van der Waals surface area (Å²) in [5.74, 6) is 0.837. The number of hydrogen-bond acceptors (Lipinski definition) is 3. The minimum atomic E-state index is 0.428. The summed E-state index contributed by atoms with van der Waals surface area (Å²) in [6.45, 7) is 8.13. The second-order valence-corrected chi connectivity index (χ2v) is 5.09. The number of nitrogens with one attached hydrogen (secondary N) is 1. The standard InChI is InChI=1S/C16H21ClN2O/c1-3-19(4-2)12-13-6-5-7-14(10-13)18-11-15-8-9-16(17)20-15/h5-10,18H,3-4,11-12H2,1-2H3. The summed E-state index contributed by atoms with van der Waals surface area (Å²) in [5.41, 5.74) is 2.42. The molecule has 4 heteroatoms. The van der Waals surface area contributed by atoms with Crippen LogP contribution < -0.4 is 5.32 Å². The molecule has 1 aromatic heterocycles. The van der Waals surface area contributed by atoms with Crippen LogP contribution in [0, 0.1) is 0 Å². The number of halogens is 1. The third-order valence-corrected chi connectivity index (χ3v) is 3.53. The van der Waals surface area contributed by atoms with Crippen LogP contribution in [-0.2, 0) is 13.1 Å². The lowest BCUT2D eigenvalue weighted by Gasteiger charge is -2.18. The van der Waals surface area contributed by atoms with Crippen molar-refractivity contribution in [2.45, 2.75) is 26.9 Å². The lowest BCUT2D eigenvalue weighted by Crippen LogP contribution is -2.22. The minimum Gasteiger partial charge on any atom is -0.448 e. The average Bonchev–Trinajstić information content (AvgIpc) is 2.89. The van der Waals surface area contributed by atoms with Crippen LogP contribution in [0.5, 0.6) is 0 Å². The van der Waals surface area contributed by atoms with Crippen LogP contribution in [0.2, 0.25) is 5.22 Å². The van der Waals surface area contributed by atoms with Crippen LogP contribution in [0.1, 0.15) is 25.2 Å². The van der Waals surface area contributed by atoms with Gasteiger partial charge in [0.2, 0.25) is 0 Å².